The highest BCUT2D eigenvalue weighted by atomic mass is 32.2. The fraction of sp³-hybridized carbons (Fsp3) is 0.143. The van der Waals surface area contributed by atoms with Gasteiger partial charge in [-0.05, 0) is 78.7 Å². The van der Waals surface area contributed by atoms with Crippen LogP contribution in [0, 0.1) is 12.7 Å². The molecule has 5 nitrogen and oxygen atoms in total. The molecule has 178 valence electrons. The third-order valence-electron chi connectivity index (χ3n) is 5.25. The Labute approximate surface area is 208 Å². The van der Waals surface area contributed by atoms with E-state index in [0.717, 1.165) is 27.9 Å². The number of ether oxygens (including phenoxy) is 2. The number of nitrogens with zero attached hydrogens (tertiary/aromatic N) is 1. The highest BCUT2D eigenvalue weighted by Crippen LogP contribution is 2.36. The van der Waals surface area contributed by atoms with Gasteiger partial charge in [0.1, 0.15) is 12.4 Å². The van der Waals surface area contributed by atoms with Gasteiger partial charge in [-0.2, -0.15) is 0 Å². The van der Waals surface area contributed by atoms with Gasteiger partial charge in [-0.25, -0.2) is 9.38 Å². The summed E-state index contributed by atoms with van der Waals surface area (Å²) >= 11 is 1.29. The van der Waals surface area contributed by atoms with Gasteiger partial charge in [-0.15, -0.1) is 6.58 Å². The number of halogens is 1. The van der Waals surface area contributed by atoms with E-state index in [1.54, 1.807) is 31.4 Å². The van der Waals surface area contributed by atoms with Crippen LogP contribution in [0.15, 0.2) is 83.2 Å². The van der Waals surface area contributed by atoms with Crippen molar-refractivity contribution in [3.63, 3.8) is 0 Å². The number of thioether (sulfide) groups is 1. The highest BCUT2D eigenvalue weighted by Gasteiger charge is 2.24. The summed E-state index contributed by atoms with van der Waals surface area (Å²) in [5.41, 5.74) is 4.42. The fourth-order valence-corrected chi connectivity index (χ4v) is 4.34. The normalized spacial score (nSPS) is 15.3. The topological polar surface area (TPSA) is 59.9 Å². The fourth-order valence-electron chi connectivity index (χ4n) is 3.49. The van der Waals surface area contributed by atoms with Crippen LogP contribution in [-0.4, -0.2) is 18.2 Å². The Bertz CT molecular complexity index is 1300. The van der Waals surface area contributed by atoms with Crippen LogP contribution in [-0.2, 0) is 17.8 Å². The standard InChI is InChI=1S/C28H25FN2O3S/c1-4-5-21-14-20(15-24(33-3)26(21)34-17-19-8-10-22(29)11-9-19)16-25-27(32)31-28(35-25)30-23-12-6-18(2)7-13-23/h4,6-16H,1,5,17H2,2-3H3,(H,30,31,32)/b25-16+. The lowest BCUT2D eigenvalue weighted by atomic mass is 10.0. The van der Waals surface area contributed by atoms with Crippen molar-refractivity contribution < 1.29 is 18.7 Å². The number of nitrogens with one attached hydrogen (secondary N) is 1. The Balaban J connectivity index is 1.58. The number of rotatable bonds is 8. The molecule has 1 saturated heterocycles. The van der Waals surface area contributed by atoms with Gasteiger partial charge in [0.15, 0.2) is 16.7 Å². The Kier molecular flexibility index (Phi) is 7.67. The number of hydrogen-bond donors (Lipinski definition) is 1. The molecular formula is C28H25FN2O3S. The number of carbonyl (C=O) groups excluding carboxylic acids is 1. The molecule has 1 heterocycles. The van der Waals surface area contributed by atoms with Crippen molar-refractivity contribution in [2.24, 2.45) is 4.99 Å². The van der Waals surface area contributed by atoms with Crippen molar-refractivity contribution in [1.29, 1.82) is 0 Å². The first-order valence-corrected chi connectivity index (χ1v) is 11.8. The molecule has 0 aliphatic carbocycles. The van der Waals surface area contributed by atoms with Crippen LogP contribution >= 0.6 is 11.8 Å². The molecule has 0 bridgehead atoms. The van der Waals surface area contributed by atoms with Gasteiger partial charge >= 0.3 is 0 Å². The predicted molar refractivity (Wildman–Crippen MR) is 140 cm³/mol. The van der Waals surface area contributed by atoms with Crippen molar-refractivity contribution in [1.82, 2.24) is 5.32 Å². The molecule has 4 rings (SSSR count). The highest BCUT2D eigenvalue weighted by molar-refractivity contribution is 8.18. The number of aryl methyl sites for hydroxylation is 1. The van der Waals surface area contributed by atoms with E-state index in [0.29, 0.717) is 28.0 Å². The summed E-state index contributed by atoms with van der Waals surface area (Å²) in [4.78, 5) is 17.6. The molecule has 0 spiro atoms. The predicted octanol–water partition coefficient (Wildman–Crippen LogP) is 6.34. The van der Waals surface area contributed by atoms with Gasteiger partial charge in [-0.3, -0.25) is 4.79 Å². The van der Waals surface area contributed by atoms with Gasteiger partial charge in [0, 0.05) is 5.56 Å². The van der Waals surface area contributed by atoms with Crippen molar-refractivity contribution >= 4 is 34.6 Å². The zero-order valence-corrected chi connectivity index (χ0v) is 20.3. The molecular weight excluding hydrogens is 463 g/mol. The monoisotopic (exact) mass is 488 g/mol. The lowest BCUT2D eigenvalue weighted by Gasteiger charge is -2.16. The molecule has 1 aliphatic heterocycles. The van der Waals surface area contributed by atoms with E-state index in [9.17, 15) is 9.18 Å². The summed E-state index contributed by atoms with van der Waals surface area (Å²) in [6.45, 7) is 6.12. The smallest absolute Gasteiger partial charge is 0.264 e. The van der Waals surface area contributed by atoms with Crippen LogP contribution in [0.5, 0.6) is 11.5 Å². The summed E-state index contributed by atoms with van der Waals surface area (Å²) in [5.74, 6) is 0.623. The molecule has 0 unspecified atom stereocenters. The Morgan fingerprint density at radius 3 is 2.54 bits per heavy atom. The first-order valence-electron chi connectivity index (χ1n) is 11.0. The number of carbonyl (C=O) groups is 1. The number of benzene rings is 3. The molecule has 0 saturated carbocycles. The largest absolute Gasteiger partial charge is 0.493 e. The second kappa shape index (κ2) is 11.1. The minimum Gasteiger partial charge on any atom is -0.493 e. The maximum Gasteiger partial charge on any atom is 0.264 e. The van der Waals surface area contributed by atoms with Crippen LogP contribution in [0.1, 0.15) is 22.3 Å². The van der Waals surface area contributed by atoms with Crippen LogP contribution < -0.4 is 14.8 Å². The van der Waals surface area contributed by atoms with E-state index in [4.69, 9.17) is 9.47 Å². The minimum atomic E-state index is -0.294. The second-order valence-electron chi connectivity index (χ2n) is 7.94. The number of aliphatic imine (C=N–C) groups is 1. The van der Waals surface area contributed by atoms with Crippen LogP contribution in [0.2, 0.25) is 0 Å². The Morgan fingerprint density at radius 1 is 1.11 bits per heavy atom. The number of amidine groups is 1. The van der Waals surface area contributed by atoms with Gasteiger partial charge in [-0.1, -0.05) is 35.9 Å². The Morgan fingerprint density at radius 2 is 1.86 bits per heavy atom. The van der Waals surface area contributed by atoms with E-state index in [1.807, 2.05) is 43.3 Å². The number of methoxy groups -OCH3 is 1. The molecule has 3 aromatic carbocycles. The van der Waals surface area contributed by atoms with E-state index >= 15 is 0 Å². The summed E-state index contributed by atoms with van der Waals surface area (Å²) in [6.07, 6.45) is 4.13. The lowest BCUT2D eigenvalue weighted by Crippen LogP contribution is -2.19. The Hall–Kier alpha value is -3.84. The molecule has 1 amide bonds. The molecule has 1 fully saturated rings. The van der Waals surface area contributed by atoms with E-state index in [2.05, 4.69) is 16.9 Å². The first kappa shape index (κ1) is 24.3. The summed E-state index contributed by atoms with van der Waals surface area (Å²) in [6, 6.07) is 17.7. The minimum absolute atomic E-state index is 0.207. The average Bonchev–Trinajstić information content (AvgIpc) is 3.19. The number of allylic oxidation sites excluding steroid dienone is 1. The van der Waals surface area contributed by atoms with Crippen LogP contribution in [0.3, 0.4) is 0 Å². The van der Waals surface area contributed by atoms with E-state index in [-0.39, 0.29) is 18.3 Å². The van der Waals surface area contributed by atoms with Crippen LogP contribution in [0.25, 0.3) is 6.08 Å². The molecule has 1 N–H and O–H groups in total. The van der Waals surface area contributed by atoms with Gasteiger partial charge in [0.2, 0.25) is 0 Å². The van der Waals surface area contributed by atoms with Gasteiger partial charge < -0.3 is 14.8 Å². The first-order chi connectivity index (χ1) is 16.9. The molecule has 0 aromatic heterocycles. The molecule has 1 aliphatic rings. The van der Waals surface area contributed by atoms with Crippen molar-refractivity contribution in [3.8, 4) is 11.5 Å². The third-order valence-corrected chi connectivity index (χ3v) is 6.16. The maximum atomic E-state index is 13.2. The summed E-state index contributed by atoms with van der Waals surface area (Å²) < 4.78 is 24.9. The molecule has 0 atom stereocenters. The summed E-state index contributed by atoms with van der Waals surface area (Å²) in [7, 11) is 1.57. The molecule has 3 aromatic rings. The van der Waals surface area contributed by atoms with Crippen molar-refractivity contribution in [2.45, 2.75) is 20.0 Å². The second-order valence-corrected chi connectivity index (χ2v) is 8.97. The lowest BCUT2D eigenvalue weighted by molar-refractivity contribution is -0.115. The zero-order valence-electron chi connectivity index (χ0n) is 19.5. The maximum absolute atomic E-state index is 13.2. The van der Waals surface area contributed by atoms with Crippen LogP contribution in [0.4, 0.5) is 10.1 Å². The number of hydrogen-bond acceptors (Lipinski definition) is 5. The molecule has 35 heavy (non-hydrogen) atoms. The van der Waals surface area contributed by atoms with Gasteiger partial charge in [0.05, 0.1) is 17.7 Å². The SMILES string of the molecule is C=CCc1cc(/C=C2/SC(=Nc3ccc(C)cc3)NC2=O)cc(OC)c1OCc1ccc(F)cc1. The summed E-state index contributed by atoms with van der Waals surface area (Å²) in [5, 5.41) is 3.35. The third kappa shape index (κ3) is 6.19. The van der Waals surface area contributed by atoms with Gasteiger partial charge in [0.25, 0.3) is 5.91 Å². The number of amides is 1. The van der Waals surface area contributed by atoms with Crippen molar-refractivity contribution in [3.05, 3.63) is 106 Å². The average molecular weight is 489 g/mol. The molecule has 7 heteroatoms. The molecule has 0 radical (unpaired) electrons. The zero-order chi connectivity index (χ0) is 24.8. The van der Waals surface area contributed by atoms with E-state index in [1.165, 1.54) is 23.9 Å². The quantitative estimate of drug-likeness (QED) is 0.297. The van der Waals surface area contributed by atoms with E-state index < -0.39 is 0 Å². The van der Waals surface area contributed by atoms with Crippen molar-refractivity contribution in [2.75, 3.05) is 7.11 Å².